The van der Waals surface area contributed by atoms with Gasteiger partial charge in [-0.2, -0.15) is 5.10 Å². The number of aromatic nitrogens is 2. The number of hydrogen-bond acceptors (Lipinski definition) is 2. The summed E-state index contributed by atoms with van der Waals surface area (Å²) in [6.45, 7) is 4.67. The number of halogens is 1. The molecule has 1 amide bonds. The predicted octanol–water partition coefficient (Wildman–Crippen LogP) is 3.19. The second-order valence-electron chi connectivity index (χ2n) is 6.06. The summed E-state index contributed by atoms with van der Waals surface area (Å²) in [7, 11) is 0. The molecule has 0 aliphatic carbocycles. The van der Waals surface area contributed by atoms with E-state index in [1.54, 1.807) is 29.2 Å². The van der Waals surface area contributed by atoms with E-state index < -0.39 is 0 Å². The van der Waals surface area contributed by atoms with E-state index in [0.29, 0.717) is 12.5 Å². The normalized spacial score (nSPS) is 22.8. The maximum absolute atomic E-state index is 13.5. The smallest absolute Gasteiger partial charge is 0.247 e. The van der Waals surface area contributed by atoms with Crippen LogP contribution in [0.3, 0.4) is 0 Å². The quantitative estimate of drug-likeness (QED) is 0.873. The number of benzene rings is 1. The summed E-state index contributed by atoms with van der Waals surface area (Å²) in [5.41, 5.74) is 0.866. The first kappa shape index (κ1) is 14.8. The lowest BCUT2D eigenvalue weighted by molar-refractivity contribution is -0.135. The summed E-state index contributed by atoms with van der Waals surface area (Å²) < 4.78 is 15.2. The van der Waals surface area contributed by atoms with Gasteiger partial charge in [0, 0.05) is 18.9 Å². The van der Waals surface area contributed by atoms with E-state index in [0.717, 1.165) is 12.0 Å². The van der Waals surface area contributed by atoms with Crippen molar-refractivity contribution in [1.29, 1.82) is 0 Å². The SMILES string of the molecule is CC1CC(c2cccc(F)c2)N(C(=O)C(C)n2cccn2)C1. The first-order chi connectivity index (χ1) is 10.6. The highest BCUT2D eigenvalue weighted by atomic mass is 19.1. The largest absolute Gasteiger partial charge is 0.334 e. The molecule has 116 valence electrons. The number of amides is 1. The molecule has 1 aromatic heterocycles. The zero-order chi connectivity index (χ0) is 15.7. The number of likely N-dealkylation sites (tertiary alicyclic amines) is 1. The maximum Gasteiger partial charge on any atom is 0.247 e. The van der Waals surface area contributed by atoms with Gasteiger partial charge >= 0.3 is 0 Å². The maximum atomic E-state index is 13.5. The van der Waals surface area contributed by atoms with E-state index in [9.17, 15) is 9.18 Å². The monoisotopic (exact) mass is 301 g/mol. The predicted molar refractivity (Wildman–Crippen MR) is 81.6 cm³/mol. The summed E-state index contributed by atoms with van der Waals surface area (Å²) in [6, 6.07) is 7.95. The Morgan fingerprint density at radius 1 is 1.41 bits per heavy atom. The second-order valence-corrected chi connectivity index (χ2v) is 6.06. The lowest BCUT2D eigenvalue weighted by atomic mass is 10.0. The zero-order valence-electron chi connectivity index (χ0n) is 12.8. The van der Waals surface area contributed by atoms with Crippen LogP contribution in [0.4, 0.5) is 4.39 Å². The average Bonchev–Trinajstić information content (AvgIpc) is 3.15. The van der Waals surface area contributed by atoms with Gasteiger partial charge in [0.25, 0.3) is 0 Å². The van der Waals surface area contributed by atoms with Crippen molar-refractivity contribution in [1.82, 2.24) is 14.7 Å². The van der Waals surface area contributed by atoms with Crippen molar-refractivity contribution in [2.75, 3.05) is 6.54 Å². The Bertz CT molecular complexity index is 656. The fourth-order valence-corrected chi connectivity index (χ4v) is 3.18. The number of carbonyl (C=O) groups is 1. The molecule has 3 atom stereocenters. The van der Waals surface area contributed by atoms with Gasteiger partial charge in [-0.15, -0.1) is 0 Å². The highest BCUT2D eigenvalue weighted by molar-refractivity contribution is 5.80. The van der Waals surface area contributed by atoms with Crippen molar-refractivity contribution >= 4 is 5.91 Å². The molecule has 0 radical (unpaired) electrons. The van der Waals surface area contributed by atoms with Crippen LogP contribution in [0.5, 0.6) is 0 Å². The second kappa shape index (κ2) is 5.91. The van der Waals surface area contributed by atoms with Crippen molar-refractivity contribution < 1.29 is 9.18 Å². The Hall–Kier alpha value is -2.17. The van der Waals surface area contributed by atoms with E-state index >= 15 is 0 Å². The highest BCUT2D eigenvalue weighted by Crippen LogP contribution is 2.36. The summed E-state index contributed by atoms with van der Waals surface area (Å²) in [5, 5.41) is 4.15. The number of rotatable bonds is 3. The molecule has 0 spiro atoms. The van der Waals surface area contributed by atoms with Crippen LogP contribution in [0.25, 0.3) is 0 Å². The standard InChI is InChI=1S/C17H20FN3O/c1-12-9-16(14-5-3-6-15(18)10-14)20(11-12)17(22)13(2)21-8-4-7-19-21/h3-8,10,12-13,16H,9,11H2,1-2H3. The third kappa shape index (κ3) is 2.75. The van der Waals surface area contributed by atoms with Gasteiger partial charge in [0.1, 0.15) is 11.9 Å². The fraction of sp³-hybridized carbons (Fsp3) is 0.412. The molecule has 1 aliphatic rings. The first-order valence-corrected chi connectivity index (χ1v) is 7.61. The van der Waals surface area contributed by atoms with Crippen LogP contribution in [-0.2, 0) is 4.79 Å². The number of carbonyl (C=O) groups excluding carboxylic acids is 1. The van der Waals surface area contributed by atoms with Gasteiger partial charge < -0.3 is 4.90 Å². The molecule has 1 aliphatic heterocycles. The molecule has 1 aromatic carbocycles. The lowest BCUT2D eigenvalue weighted by Gasteiger charge is -2.28. The van der Waals surface area contributed by atoms with Crippen molar-refractivity contribution in [2.24, 2.45) is 5.92 Å². The van der Waals surface area contributed by atoms with E-state index in [-0.39, 0.29) is 23.8 Å². The summed E-state index contributed by atoms with van der Waals surface area (Å²) in [6.07, 6.45) is 4.32. The van der Waals surface area contributed by atoms with Crippen molar-refractivity contribution in [3.05, 3.63) is 54.1 Å². The molecule has 0 bridgehead atoms. The first-order valence-electron chi connectivity index (χ1n) is 7.61. The summed E-state index contributed by atoms with van der Waals surface area (Å²) in [5.74, 6) is 0.175. The molecule has 1 fully saturated rings. The molecule has 3 unspecified atom stereocenters. The van der Waals surface area contributed by atoms with E-state index in [1.807, 2.05) is 17.9 Å². The molecule has 0 saturated carbocycles. The molecule has 4 nitrogen and oxygen atoms in total. The van der Waals surface area contributed by atoms with E-state index in [2.05, 4.69) is 12.0 Å². The molecule has 22 heavy (non-hydrogen) atoms. The van der Waals surface area contributed by atoms with Crippen LogP contribution in [0.1, 0.15) is 37.9 Å². The van der Waals surface area contributed by atoms with Gasteiger partial charge in [-0.25, -0.2) is 4.39 Å². The fourth-order valence-electron chi connectivity index (χ4n) is 3.18. The summed E-state index contributed by atoms with van der Waals surface area (Å²) >= 11 is 0. The van der Waals surface area contributed by atoms with Crippen LogP contribution >= 0.6 is 0 Å². The van der Waals surface area contributed by atoms with E-state index in [4.69, 9.17) is 0 Å². The van der Waals surface area contributed by atoms with Gasteiger partial charge in [-0.05, 0) is 43.0 Å². The Labute approximate surface area is 129 Å². The molecule has 0 N–H and O–H groups in total. The third-order valence-electron chi connectivity index (χ3n) is 4.31. The topological polar surface area (TPSA) is 38.1 Å². The van der Waals surface area contributed by atoms with Gasteiger partial charge in [-0.1, -0.05) is 19.1 Å². The molecule has 2 aromatic rings. The lowest BCUT2D eigenvalue weighted by Crippen LogP contribution is -2.36. The molecule has 5 heteroatoms. The average molecular weight is 301 g/mol. The Morgan fingerprint density at radius 2 is 2.23 bits per heavy atom. The number of hydrogen-bond donors (Lipinski definition) is 0. The minimum Gasteiger partial charge on any atom is -0.334 e. The Balaban J connectivity index is 1.86. The highest BCUT2D eigenvalue weighted by Gasteiger charge is 2.36. The van der Waals surface area contributed by atoms with Crippen LogP contribution in [0, 0.1) is 11.7 Å². The van der Waals surface area contributed by atoms with Crippen LogP contribution in [0.2, 0.25) is 0 Å². The third-order valence-corrected chi connectivity index (χ3v) is 4.31. The van der Waals surface area contributed by atoms with Gasteiger partial charge in [0.15, 0.2) is 0 Å². The van der Waals surface area contributed by atoms with Crippen LogP contribution < -0.4 is 0 Å². The molecule has 2 heterocycles. The van der Waals surface area contributed by atoms with Crippen LogP contribution in [-0.4, -0.2) is 27.1 Å². The van der Waals surface area contributed by atoms with Gasteiger partial charge in [0.05, 0.1) is 6.04 Å². The molecule has 3 rings (SSSR count). The zero-order valence-corrected chi connectivity index (χ0v) is 12.8. The minimum absolute atomic E-state index is 0.0299. The summed E-state index contributed by atoms with van der Waals surface area (Å²) in [4.78, 5) is 14.7. The van der Waals surface area contributed by atoms with Gasteiger partial charge in [-0.3, -0.25) is 9.48 Å². The number of nitrogens with zero attached hydrogens (tertiary/aromatic N) is 3. The van der Waals surface area contributed by atoms with Crippen LogP contribution in [0.15, 0.2) is 42.7 Å². The Morgan fingerprint density at radius 3 is 2.91 bits per heavy atom. The Kier molecular flexibility index (Phi) is 3.96. The minimum atomic E-state index is -0.351. The van der Waals surface area contributed by atoms with Crippen molar-refractivity contribution in [2.45, 2.75) is 32.4 Å². The molecular weight excluding hydrogens is 281 g/mol. The van der Waals surface area contributed by atoms with Crippen molar-refractivity contribution in [3.8, 4) is 0 Å². The molecular formula is C17H20FN3O. The van der Waals surface area contributed by atoms with Crippen molar-refractivity contribution in [3.63, 3.8) is 0 Å². The van der Waals surface area contributed by atoms with E-state index in [1.165, 1.54) is 12.1 Å². The molecule has 1 saturated heterocycles. The van der Waals surface area contributed by atoms with Gasteiger partial charge in [0.2, 0.25) is 5.91 Å².